The third-order valence-electron chi connectivity index (χ3n) is 3.21. The number of benzene rings is 2. The van der Waals surface area contributed by atoms with E-state index in [4.69, 9.17) is 9.29 Å². The Morgan fingerprint density at radius 1 is 1.17 bits per heavy atom. The van der Waals surface area contributed by atoms with E-state index >= 15 is 0 Å². The second kappa shape index (κ2) is 5.11. The molecule has 0 bridgehead atoms. The Labute approximate surface area is 129 Å². The summed E-state index contributed by atoms with van der Waals surface area (Å²) < 4.78 is 40.9. The SMILES string of the molecule is COc1cccc2c1n([O-])c1cccc(OS(=O)(=O)O)c1[n+]2=O. The van der Waals surface area contributed by atoms with Gasteiger partial charge in [0.25, 0.3) is 5.52 Å². The third-order valence-corrected chi connectivity index (χ3v) is 3.60. The maximum Gasteiger partial charge on any atom is 0.446 e. The van der Waals surface area contributed by atoms with Crippen LogP contribution in [0.4, 0.5) is 0 Å². The molecular weight excluding hydrogens is 328 g/mol. The van der Waals surface area contributed by atoms with Crippen LogP contribution >= 0.6 is 0 Å². The zero-order valence-corrected chi connectivity index (χ0v) is 12.5. The van der Waals surface area contributed by atoms with Gasteiger partial charge in [-0.15, -0.1) is 0 Å². The molecular formula is C13H10N2O7S. The predicted molar refractivity (Wildman–Crippen MR) is 80.3 cm³/mol. The van der Waals surface area contributed by atoms with Gasteiger partial charge in [-0.2, -0.15) is 8.42 Å². The molecule has 0 saturated heterocycles. The monoisotopic (exact) mass is 338 g/mol. The number of methoxy groups -OCH3 is 1. The average Bonchev–Trinajstić information content (AvgIpc) is 2.50. The summed E-state index contributed by atoms with van der Waals surface area (Å²) in [4.78, 5) is 12.6. The van der Waals surface area contributed by atoms with Gasteiger partial charge in [-0.25, -0.2) is 0 Å². The summed E-state index contributed by atoms with van der Waals surface area (Å²) in [7, 11) is -3.50. The van der Waals surface area contributed by atoms with Gasteiger partial charge in [-0.3, -0.25) is 4.55 Å². The van der Waals surface area contributed by atoms with Crippen LogP contribution in [0.25, 0.3) is 22.1 Å². The van der Waals surface area contributed by atoms with E-state index in [1.807, 2.05) is 0 Å². The first-order valence-corrected chi connectivity index (χ1v) is 7.61. The van der Waals surface area contributed by atoms with Gasteiger partial charge in [-0.05, 0) is 18.2 Å². The van der Waals surface area contributed by atoms with Crippen molar-refractivity contribution < 1.29 is 26.3 Å². The number of nitrogens with zero attached hydrogens (tertiary/aromatic N) is 2. The molecule has 1 N–H and O–H groups in total. The summed E-state index contributed by atoms with van der Waals surface area (Å²) >= 11 is 0. The Hall–Kier alpha value is -2.85. The molecule has 0 radical (unpaired) electrons. The lowest BCUT2D eigenvalue weighted by atomic mass is 10.2. The van der Waals surface area contributed by atoms with Crippen LogP contribution in [0.1, 0.15) is 0 Å². The van der Waals surface area contributed by atoms with Crippen molar-refractivity contribution in [1.29, 1.82) is 0 Å². The minimum Gasteiger partial charge on any atom is -0.805 e. The van der Waals surface area contributed by atoms with Crippen molar-refractivity contribution in [1.82, 2.24) is 4.73 Å². The maximum absolute atomic E-state index is 12.6. The van der Waals surface area contributed by atoms with Gasteiger partial charge in [-0.1, -0.05) is 12.1 Å². The third kappa shape index (κ3) is 2.43. The minimum atomic E-state index is -4.85. The molecule has 0 aliphatic heterocycles. The molecule has 1 heterocycles. The smallest absolute Gasteiger partial charge is 0.446 e. The number of aromatic nitrogens is 2. The lowest BCUT2D eigenvalue weighted by Gasteiger charge is -2.16. The predicted octanol–water partition coefficient (Wildman–Crippen LogP) is 1.25. The van der Waals surface area contributed by atoms with Crippen LogP contribution in [0.15, 0.2) is 36.4 Å². The summed E-state index contributed by atoms with van der Waals surface area (Å²) in [5.41, 5.74) is -0.529. The number of ether oxygens (including phenoxy) is 1. The van der Waals surface area contributed by atoms with E-state index < -0.39 is 16.1 Å². The topological polar surface area (TPSA) is 124 Å². The van der Waals surface area contributed by atoms with Gasteiger partial charge >= 0.3 is 15.9 Å². The fourth-order valence-electron chi connectivity index (χ4n) is 2.34. The number of rotatable bonds is 3. The van der Waals surface area contributed by atoms with Crippen molar-refractivity contribution >= 4 is 32.5 Å². The highest BCUT2D eigenvalue weighted by Crippen LogP contribution is 2.29. The Balaban J connectivity index is 2.53. The van der Waals surface area contributed by atoms with E-state index in [9.17, 15) is 18.5 Å². The second-order valence-electron chi connectivity index (χ2n) is 4.55. The van der Waals surface area contributed by atoms with Crippen LogP contribution in [-0.2, 0) is 10.4 Å². The van der Waals surface area contributed by atoms with Gasteiger partial charge in [0, 0.05) is 11.0 Å². The molecule has 3 aromatic rings. The Morgan fingerprint density at radius 2 is 1.83 bits per heavy atom. The standard InChI is InChI=1S/C13H10N2O7S/c1-21-10-6-2-4-8-12(10)14(16)9-5-3-7-11(13(9)15(8)17)22-23(18,19)20/h2-7H,1H3,(H,18,19,20). The van der Waals surface area contributed by atoms with Crippen molar-refractivity contribution in [3.63, 3.8) is 0 Å². The fourth-order valence-corrected chi connectivity index (χ4v) is 2.71. The normalized spacial score (nSPS) is 11.7. The molecule has 9 nitrogen and oxygen atoms in total. The Morgan fingerprint density at radius 3 is 2.48 bits per heavy atom. The molecule has 2 aromatic carbocycles. The van der Waals surface area contributed by atoms with E-state index in [1.54, 1.807) is 0 Å². The maximum atomic E-state index is 12.6. The van der Waals surface area contributed by atoms with Gasteiger partial charge in [0.1, 0.15) is 11.3 Å². The zero-order chi connectivity index (χ0) is 16.8. The van der Waals surface area contributed by atoms with Crippen molar-refractivity contribution in [2.75, 3.05) is 7.11 Å². The van der Waals surface area contributed by atoms with Gasteiger partial charge < -0.3 is 18.9 Å². The highest BCUT2D eigenvalue weighted by molar-refractivity contribution is 7.81. The first kappa shape index (κ1) is 15.1. The quantitative estimate of drug-likeness (QED) is 0.433. The molecule has 0 spiro atoms. The van der Waals surface area contributed by atoms with Crippen LogP contribution < -0.4 is 13.3 Å². The molecule has 0 amide bonds. The summed E-state index contributed by atoms with van der Waals surface area (Å²) in [5, 5.41) is 12.6. The zero-order valence-electron chi connectivity index (χ0n) is 11.7. The minimum absolute atomic E-state index is 0.0125. The summed E-state index contributed by atoms with van der Waals surface area (Å²) in [6, 6.07) is 8.19. The van der Waals surface area contributed by atoms with E-state index in [0.717, 1.165) is 6.07 Å². The molecule has 0 fully saturated rings. The van der Waals surface area contributed by atoms with Gasteiger partial charge in [0.15, 0.2) is 5.52 Å². The molecule has 0 saturated carbocycles. The van der Waals surface area contributed by atoms with Crippen LogP contribution in [0.3, 0.4) is 0 Å². The molecule has 120 valence electrons. The number of fused-ring (bicyclic) bond motifs is 2. The number of hydrogen-bond donors (Lipinski definition) is 1. The Kier molecular flexibility index (Phi) is 3.34. The molecule has 0 aliphatic rings. The lowest BCUT2D eigenvalue weighted by Crippen LogP contribution is -2.21. The van der Waals surface area contributed by atoms with Gasteiger partial charge in [0.2, 0.25) is 5.75 Å². The van der Waals surface area contributed by atoms with Crippen LogP contribution in [0, 0.1) is 10.1 Å². The summed E-state index contributed by atoms with van der Waals surface area (Å²) in [6.07, 6.45) is 0. The highest BCUT2D eigenvalue weighted by atomic mass is 32.3. The second-order valence-corrected chi connectivity index (χ2v) is 5.57. The lowest BCUT2D eigenvalue weighted by molar-refractivity contribution is -0.433. The Bertz CT molecular complexity index is 1090. The molecule has 0 atom stereocenters. The van der Waals surface area contributed by atoms with E-state index in [1.165, 1.54) is 37.4 Å². The van der Waals surface area contributed by atoms with Crippen LogP contribution in [0.5, 0.6) is 11.5 Å². The highest BCUT2D eigenvalue weighted by Gasteiger charge is 2.24. The summed E-state index contributed by atoms with van der Waals surface area (Å²) in [6.45, 7) is 0. The largest absolute Gasteiger partial charge is 0.805 e. The van der Waals surface area contributed by atoms with E-state index in [2.05, 4.69) is 4.18 Å². The molecule has 23 heavy (non-hydrogen) atoms. The van der Waals surface area contributed by atoms with Crippen LogP contribution in [-0.4, -0.2) is 24.8 Å². The first-order chi connectivity index (χ1) is 10.8. The average molecular weight is 338 g/mol. The van der Waals surface area contributed by atoms with Crippen molar-refractivity contribution in [2.24, 2.45) is 0 Å². The van der Waals surface area contributed by atoms with E-state index in [-0.39, 0.29) is 27.8 Å². The fraction of sp³-hybridized carbons (Fsp3) is 0.0769. The molecule has 0 unspecified atom stereocenters. The molecule has 1 aromatic heterocycles. The molecule has 0 aliphatic carbocycles. The number of para-hydroxylation sites is 2. The van der Waals surface area contributed by atoms with E-state index in [0.29, 0.717) is 9.16 Å². The first-order valence-electron chi connectivity index (χ1n) is 6.25. The van der Waals surface area contributed by atoms with Crippen molar-refractivity contribution in [2.45, 2.75) is 0 Å². The van der Waals surface area contributed by atoms with Crippen LogP contribution in [0.2, 0.25) is 0 Å². The van der Waals surface area contributed by atoms with Crippen molar-refractivity contribution in [3.05, 3.63) is 46.5 Å². The van der Waals surface area contributed by atoms with Crippen molar-refractivity contribution in [3.8, 4) is 11.5 Å². The number of hydrogen-bond acceptors (Lipinski definition) is 6. The molecule has 10 heteroatoms. The summed E-state index contributed by atoms with van der Waals surface area (Å²) in [5.74, 6) is -0.278. The molecule has 3 rings (SSSR count). The van der Waals surface area contributed by atoms with Gasteiger partial charge in [0.05, 0.1) is 11.5 Å².